The van der Waals surface area contributed by atoms with Gasteiger partial charge in [-0.1, -0.05) is 0 Å². The van der Waals surface area contributed by atoms with Crippen molar-refractivity contribution < 1.29 is 23.1 Å². The van der Waals surface area contributed by atoms with Gasteiger partial charge in [0.15, 0.2) is 0 Å². The SMILES string of the molecule is CC(CO)S(=O)(=O)OO. The minimum Gasteiger partial charge on any atom is -0.395 e. The third kappa shape index (κ3) is 2.27. The summed E-state index contributed by atoms with van der Waals surface area (Å²) in [5.74, 6) is 0. The molecule has 56 valence electrons. The first-order chi connectivity index (χ1) is 4.04. The second-order valence-corrected chi connectivity index (χ2v) is 3.50. The third-order valence-corrected chi connectivity index (χ3v) is 2.20. The fourth-order valence-corrected chi connectivity index (χ4v) is 0.494. The average Bonchev–Trinajstić information content (AvgIpc) is 1.86. The van der Waals surface area contributed by atoms with Gasteiger partial charge in [-0.3, -0.25) is 0 Å². The van der Waals surface area contributed by atoms with Crippen molar-refractivity contribution in [1.82, 2.24) is 0 Å². The van der Waals surface area contributed by atoms with E-state index in [9.17, 15) is 8.42 Å². The summed E-state index contributed by atoms with van der Waals surface area (Å²) in [6.07, 6.45) is 0. The molecule has 6 heteroatoms. The van der Waals surface area contributed by atoms with Gasteiger partial charge in [-0.25, -0.2) is 5.26 Å². The van der Waals surface area contributed by atoms with Crippen LogP contribution in [0.5, 0.6) is 0 Å². The van der Waals surface area contributed by atoms with Crippen LogP contribution in [0.3, 0.4) is 0 Å². The van der Waals surface area contributed by atoms with Crippen molar-refractivity contribution in [2.45, 2.75) is 12.2 Å². The zero-order valence-electron chi connectivity index (χ0n) is 4.81. The van der Waals surface area contributed by atoms with Gasteiger partial charge in [0.2, 0.25) is 0 Å². The van der Waals surface area contributed by atoms with Crippen LogP contribution in [0.4, 0.5) is 0 Å². The standard InChI is InChI=1S/C3H8O5S/c1-3(2-4)9(6,7)8-5/h3-5H,2H2,1H3. The lowest BCUT2D eigenvalue weighted by Crippen LogP contribution is -2.22. The third-order valence-electron chi connectivity index (χ3n) is 0.854. The van der Waals surface area contributed by atoms with Gasteiger partial charge in [-0.2, -0.15) is 8.42 Å². The Labute approximate surface area is 52.9 Å². The minimum absolute atomic E-state index is 0.567. The highest BCUT2D eigenvalue weighted by Gasteiger charge is 2.19. The monoisotopic (exact) mass is 156 g/mol. The Balaban J connectivity index is 4.17. The molecule has 0 aliphatic rings. The molecule has 9 heavy (non-hydrogen) atoms. The molecule has 0 amide bonds. The predicted molar refractivity (Wildman–Crippen MR) is 29.2 cm³/mol. The molecule has 0 aliphatic carbocycles. The van der Waals surface area contributed by atoms with Crippen LogP contribution in [0.2, 0.25) is 0 Å². The number of aliphatic hydroxyl groups is 1. The Morgan fingerprint density at radius 1 is 1.67 bits per heavy atom. The molecule has 0 aromatic rings. The zero-order valence-corrected chi connectivity index (χ0v) is 5.63. The highest BCUT2D eigenvalue weighted by molar-refractivity contribution is 7.87. The van der Waals surface area contributed by atoms with Crippen molar-refractivity contribution in [1.29, 1.82) is 0 Å². The molecule has 0 saturated heterocycles. The molecule has 0 bridgehead atoms. The molecular weight excluding hydrogens is 148 g/mol. The van der Waals surface area contributed by atoms with Gasteiger partial charge in [-0.05, 0) is 6.92 Å². The lowest BCUT2D eigenvalue weighted by molar-refractivity contribution is -0.131. The fourth-order valence-electron chi connectivity index (χ4n) is 0.165. The van der Waals surface area contributed by atoms with Crippen molar-refractivity contribution in [2.75, 3.05) is 6.61 Å². The number of hydrogen-bond acceptors (Lipinski definition) is 5. The number of aliphatic hydroxyl groups excluding tert-OH is 1. The molecule has 0 fully saturated rings. The smallest absolute Gasteiger partial charge is 0.298 e. The second kappa shape index (κ2) is 3.11. The summed E-state index contributed by atoms with van der Waals surface area (Å²) in [5, 5.41) is 14.8. The van der Waals surface area contributed by atoms with Crippen molar-refractivity contribution in [3.63, 3.8) is 0 Å². The molecule has 0 heterocycles. The normalized spacial score (nSPS) is 15.4. The molecule has 1 unspecified atom stereocenters. The van der Waals surface area contributed by atoms with Gasteiger partial charge in [0.05, 0.1) is 6.61 Å². The predicted octanol–water partition coefficient (Wildman–Crippen LogP) is -0.813. The molecule has 0 aromatic carbocycles. The summed E-state index contributed by atoms with van der Waals surface area (Å²) in [4.78, 5) is 0. The molecule has 0 rings (SSSR count). The maximum absolute atomic E-state index is 10.3. The first kappa shape index (κ1) is 8.83. The van der Waals surface area contributed by atoms with Crippen LogP contribution in [-0.4, -0.2) is 30.6 Å². The van der Waals surface area contributed by atoms with Crippen LogP contribution in [0, 0.1) is 0 Å². The van der Waals surface area contributed by atoms with Crippen molar-refractivity contribution in [3.05, 3.63) is 0 Å². The Morgan fingerprint density at radius 2 is 2.11 bits per heavy atom. The molecule has 2 N–H and O–H groups in total. The van der Waals surface area contributed by atoms with Gasteiger partial charge in [0, 0.05) is 0 Å². The van der Waals surface area contributed by atoms with E-state index in [4.69, 9.17) is 10.4 Å². The molecule has 0 spiro atoms. The summed E-state index contributed by atoms with van der Waals surface area (Å²) >= 11 is 0. The molecule has 1 atom stereocenters. The van der Waals surface area contributed by atoms with Crippen molar-refractivity contribution in [2.24, 2.45) is 0 Å². The number of hydrogen-bond donors (Lipinski definition) is 2. The van der Waals surface area contributed by atoms with Crippen LogP contribution in [0.15, 0.2) is 0 Å². The van der Waals surface area contributed by atoms with E-state index < -0.39 is 22.0 Å². The average molecular weight is 156 g/mol. The second-order valence-electron chi connectivity index (χ2n) is 1.56. The molecular formula is C3H8O5S. The van der Waals surface area contributed by atoms with Gasteiger partial charge >= 0.3 is 0 Å². The van der Waals surface area contributed by atoms with Crippen molar-refractivity contribution >= 4 is 10.1 Å². The number of rotatable bonds is 3. The Morgan fingerprint density at radius 3 is 2.22 bits per heavy atom. The van der Waals surface area contributed by atoms with Gasteiger partial charge in [0.1, 0.15) is 5.25 Å². The fraction of sp³-hybridized carbons (Fsp3) is 1.00. The molecule has 0 aliphatic heterocycles. The van der Waals surface area contributed by atoms with E-state index in [1.54, 1.807) is 0 Å². The van der Waals surface area contributed by atoms with E-state index in [2.05, 4.69) is 4.33 Å². The first-order valence-corrected chi connectivity index (χ1v) is 3.69. The van der Waals surface area contributed by atoms with Gasteiger partial charge < -0.3 is 5.11 Å². The highest BCUT2D eigenvalue weighted by Crippen LogP contribution is 1.99. The zero-order chi connectivity index (χ0) is 7.49. The topological polar surface area (TPSA) is 83.8 Å². The first-order valence-electron chi connectivity index (χ1n) is 2.22. The van der Waals surface area contributed by atoms with Crippen LogP contribution in [-0.2, 0) is 14.5 Å². The van der Waals surface area contributed by atoms with E-state index in [1.165, 1.54) is 6.92 Å². The molecule has 0 aromatic heterocycles. The quantitative estimate of drug-likeness (QED) is 0.412. The lowest BCUT2D eigenvalue weighted by Gasteiger charge is -2.03. The maximum Gasteiger partial charge on any atom is 0.298 e. The lowest BCUT2D eigenvalue weighted by atomic mass is 10.5. The Kier molecular flexibility index (Phi) is 3.06. The largest absolute Gasteiger partial charge is 0.395 e. The van der Waals surface area contributed by atoms with E-state index in [0.29, 0.717) is 0 Å². The molecule has 0 radical (unpaired) electrons. The summed E-state index contributed by atoms with van der Waals surface area (Å²) in [5.41, 5.74) is 0. The summed E-state index contributed by atoms with van der Waals surface area (Å²) < 4.78 is 23.7. The highest BCUT2D eigenvalue weighted by atomic mass is 32.2. The van der Waals surface area contributed by atoms with Crippen LogP contribution < -0.4 is 0 Å². The maximum atomic E-state index is 10.3. The summed E-state index contributed by atoms with van der Waals surface area (Å²) in [6.45, 7) is 0.647. The Bertz CT molecular complexity index is 159. The molecule has 5 nitrogen and oxygen atoms in total. The van der Waals surface area contributed by atoms with Gasteiger partial charge in [0.25, 0.3) is 10.1 Å². The van der Waals surface area contributed by atoms with Crippen LogP contribution >= 0.6 is 0 Å². The minimum atomic E-state index is -3.94. The van der Waals surface area contributed by atoms with Crippen LogP contribution in [0.25, 0.3) is 0 Å². The Hall–Kier alpha value is -0.170. The van der Waals surface area contributed by atoms with E-state index >= 15 is 0 Å². The summed E-state index contributed by atoms with van der Waals surface area (Å²) in [6, 6.07) is 0. The van der Waals surface area contributed by atoms with E-state index in [0.717, 1.165) is 0 Å². The molecule has 0 saturated carbocycles. The summed E-state index contributed by atoms with van der Waals surface area (Å²) in [7, 11) is -3.94. The van der Waals surface area contributed by atoms with Gasteiger partial charge in [-0.15, -0.1) is 4.33 Å². The van der Waals surface area contributed by atoms with E-state index in [-0.39, 0.29) is 0 Å². The van der Waals surface area contributed by atoms with E-state index in [1.807, 2.05) is 0 Å². The van der Waals surface area contributed by atoms with Crippen LogP contribution in [0.1, 0.15) is 6.92 Å². The van der Waals surface area contributed by atoms with Crippen molar-refractivity contribution in [3.8, 4) is 0 Å².